The lowest BCUT2D eigenvalue weighted by Gasteiger charge is -2.49. The smallest absolute Gasteiger partial charge is 0.238 e. The number of para-hydroxylation sites is 1. The van der Waals surface area contributed by atoms with Crippen LogP contribution < -0.4 is 5.32 Å². The van der Waals surface area contributed by atoms with Crippen molar-refractivity contribution in [1.82, 2.24) is 3.93 Å². The number of carbonyl (C=O) groups excluding carboxylic acids is 2. The predicted octanol–water partition coefficient (Wildman–Crippen LogP) is 6.04. The Hall–Kier alpha value is -2.70. The van der Waals surface area contributed by atoms with E-state index in [1.165, 1.54) is 16.1 Å². The summed E-state index contributed by atoms with van der Waals surface area (Å²) in [6, 6.07) is 18.4. The molecule has 3 atom stereocenters. The Morgan fingerprint density at radius 3 is 2.66 bits per heavy atom. The van der Waals surface area contributed by atoms with E-state index >= 15 is 0 Å². The number of piperidine rings is 1. The van der Waals surface area contributed by atoms with E-state index in [2.05, 4.69) is 21.5 Å². The Bertz CT molecular complexity index is 1270. The molecular weight excluding hydrogens is 495 g/mol. The standard InChI is InChI=1S/C25H19BrClFN2O2/c1-14-9-10-17(28)12-18(14)23-25(19-7-2-3-8-21(19)29-24(25)32)20(13-22(31)30(23)26)15-5-4-6-16(27)11-15/h2-12,20,23H,13H2,1H3,(H,29,32). The van der Waals surface area contributed by atoms with Gasteiger partial charge in [-0.3, -0.25) is 13.5 Å². The van der Waals surface area contributed by atoms with Gasteiger partial charge in [0.15, 0.2) is 0 Å². The van der Waals surface area contributed by atoms with E-state index in [1.807, 2.05) is 43.3 Å². The Balaban J connectivity index is 1.86. The van der Waals surface area contributed by atoms with Gasteiger partial charge in [0.25, 0.3) is 0 Å². The highest BCUT2D eigenvalue weighted by Crippen LogP contribution is 2.60. The van der Waals surface area contributed by atoms with E-state index in [-0.39, 0.29) is 18.2 Å². The first-order valence-electron chi connectivity index (χ1n) is 10.2. The molecule has 3 unspecified atom stereocenters. The van der Waals surface area contributed by atoms with Crippen molar-refractivity contribution >= 4 is 45.2 Å². The van der Waals surface area contributed by atoms with Crippen LogP contribution in [0, 0.1) is 12.7 Å². The van der Waals surface area contributed by atoms with Gasteiger partial charge in [-0.2, -0.15) is 0 Å². The van der Waals surface area contributed by atoms with Crippen LogP contribution in [-0.2, 0) is 15.0 Å². The number of hydrogen-bond donors (Lipinski definition) is 1. The van der Waals surface area contributed by atoms with Crippen molar-refractivity contribution in [2.24, 2.45) is 0 Å². The molecule has 1 N–H and O–H groups in total. The molecule has 162 valence electrons. The second-order valence-corrected chi connectivity index (χ2v) is 9.49. The van der Waals surface area contributed by atoms with E-state index in [1.54, 1.807) is 18.2 Å². The predicted molar refractivity (Wildman–Crippen MR) is 125 cm³/mol. The molecule has 0 aliphatic carbocycles. The number of aryl methyl sites for hydroxylation is 1. The summed E-state index contributed by atoms with van der Waals surface area (Å²) in [6.07, 6.45) is 0.0954. The zero-order valence-electron chi connectivity index (χ0n) is 17.1. The van der Waals surface area contributed by atoms with Gasteiger partial charge < -0.3 is 5.32 Å². The number of rotatable bonds is 2. The molecule has 2 aliphatic heterocycles. The summed E-state index contributed by atoms with van der Waals surface area (Å²) in [6.45, 7) is 1.86. The molecule has 0 bridgehead atoms. The zero-order valence-corrected chi connectivity index (χ0v) is 19.5. The van der Waals surface area contributed by atoms with Crippen molar-refractivity contribution in [2.45, 2.75) is 30.7 Å². The summed E-state index contributed by atoms with van der Waals surface area (Å²) in [5.41, 5.74) is 2.44. The van der Waals surface area contributed by atoms with Crippen molar-refractivity contribution in [3.05, 3.63) is 99.8 Å². The second-order valence-electron chi connectivity index (χ2n) is 8.29. The number of hydrogen-bond acceptors (Lipinski definition) is 2. The maximum absolute atomic E-state index is 14.4. The van der Waals surface area contributed by atoms with E-state index in [9.17, 15) is 14.0 Å². The fourth-order valence-electron chi connectivity index (χ4n) is 5.23. The fraction of sp³-hybridized carbons (Fsp3) is 0.200. The molecule has 0 radical (unpaired) electrons. The third-order valence-electron chi connectivity index (χ3n) is 6.61. The number of anilines is 1. The number of halogens is 3. The number of benzene rings is 3. The van der Waals surface area contributed by atoms with Crippen molar-refractivity contribution in [1.29, 1.82) is 0 Å². The Morgan fingerprint density at radius 1 is 1.09 bits per heavy atom. The topological polar surface area (TPSA) is 49.4 Å². The number of nitrogens with zero attached hydrogens (tertiary/aromatic N) is 1. The van der Waals surface area contributed by atoms with Crippen LogP contribution in [0.2, 0.25) is 5.02 Å². The Labute approximate surface area is 198 Å². The van der Waals surface area contributed by atoms with Gasteiger partial charge in [-0.15, -0.1) is 0 Å². The highest BCUT2D eigenvalue weighted by molar-refractivity contribution is 9.07. The molecule has 1 saturated heterocycles. The van der Waals surface area contributed by atoms with Gasteiger partial charge in [-0.05, 0) is 59.5 Å². The highest BCUT2D eigenvalue weighted by atomic mass is 79.9. The van der Waals surface area contributed by atoms with Crippen molar-refractivity contribution in [3.63, 3.8) is 0 Å². The largest absolute Gasteiger partial charge is 0.325 e. The molecule has 1 spiro atoms. The minimum absolute atomic E-state index is 0.0954. The third kappa shape index (κ3) is 3.00. The van der Waals surface area contributed by atoms with Crippen molar-refractivity contribution in [3.8, 4) is 0 Å². The molecule has 4 nitrogen and oxygen atoms in total. The third-order valence-corrected chi connectivity index (χ3v) is 7.65. The summed E-state index contributed by atoms with van der Waals surface area (Å²) in [5.74, 6) is -1.34. The molecule has 1 fully saturated rings. The van der Waals surface area contributed by atoms with Gasteiger partial charge in [0.2, 0.25) is 11.8 Å². The normalized spacial score (nSPS) is 24.6. The summed E-state index contributed by atoms with van der Waals surface area (Å²) in [4.78, 5) is 27.1. The molecule has 5 rings (SSSR count). The first kappa shape index (κ1) is 21.2. The number of fused-ring (bicyclic) bond motifs is 2. The van der Waals surface area contributed by atoms with Crippen LogP contribution >= 0.6 is 27.7 Å². The van der Waals surface area contributed by atoms with Crippen LogP contribution in [-0.4, -0.2) is 15.7 Å². The van der Waals surface area contributed by atoms with E-state index in [0.29, 0.717) is 16.3 Å². The van der Waals surface area contributed by atoms with Gasteiger partial charge in [0.1, 0.15) is 11.2 Å². The van der Waals surface area contributed by atoms with E-state index in [0.717, 1.165) is 16.7 Å². The van der Waals surface area contributed by atoms with Crippen molar-refractivity contribution in [2.75, 3.05) is 5.32 Å². The van der Waals surface area contributed by atoms with Gasteiger partial charge in [-0.1, -0.05) is 48.0 Å². The number of amides is 2. The Morgan fingerprint density at radius 2 is 1.88 bits per heavy atom. The molecule has 0 aromatic heterocycles. The molecule has 2 aliphatic rings. The van der Waals surface area contributed by atoms with E-state index in [4.69, 9.17) is 11.6 Å². The first-order chi connectivity index (χ1) is 15.3. The summed E-state index contributed by atoms with van der Waals surface area (Å²) >= 11 is 9.76. The maximum Gasteiger partial charge on any atom is 0.238 e. The minimum Gasteiger partial charge on any atom is -0.325 e. The molecule has 2 heterocycles. The summed E-state index contributed by atoms with van der Waals surface area (Å²) in [5, 5.41) is 3.54. The van der Waals surface area contributed by atoms with E-state index < -0.39 is 23.2 Å². The van der Waals surface area contributed by atoms with Crippen LogP contribution in [0.5, 0.6) is 0 Å². The quantitative estimate of drug-likeness (QED) is 0.425. The highest BCUT2D eigenvalue weighted by Gasteiger charge is 2.63. The lowest BCUT2D eigenvalue weighted by atomic mass is 9.59. The lowest BCUT2D eigenvalue weighted by molar-refractivity contribution is -0.137. The Kier molecular flexibility index (Phi) is 5.10. The fourth-order valence-corrected chi connectivity index (χ4v) is 6.12. The SMILES string of the molecule is Cc1ccc(F)cc1C1N(Br)C(=O)CC(c2cccc(Cl)c2)C12C(=O)Nc1ccccc12. The van der Waals surface area contributed by atoms with Crippen molar-refractivity contribution < 1.29 is 14.0 Å². The lowest BCUT2D eigenvalue weighted by Crippen LogP contribution is -2.55. The molecule has 2 amide bonds. The number of nitrogens with one attached hydrogen (secondary N) is 1. The average molecular weight is 514 g/mol. The van der Waals surface area contributed by atoms with Crippen LogP contribution in [0.1, 0.15) is 40.6 Å². The minimum atomic E-state index is -1.18. The van der Waals surface area contributed by atoms with Crippen LogP contribution in [0.4, 0.5) is 10.1 Å². The summed E-state index contributed by atoms with van der Waals surface area (Å²) < 4.78 is 15.8. The zero-order chi connectivity index (χ0) is 22.6. The van der Waals surface area contributed by atoms with Gasteiger partial charge >= 0.3 is 0 Å². The maximum atomic E-state index is 14.4. The first-order valence-corrected chi connectivity index (χ1v) is 11.3. The molecule has 32 heavy (non-hydrogen) atoms. The average Bonchev–Trinajstić information content (AvgIpc) is 3.05. The van der Waals surface area contributed by atoms with Crippen LogP contribution in [0.15, 0.2) is 66.7 Å². The molecule has 3 aromatic carbocycles. The molecule has 3 aromatic rings. The van der Waals surface area contributed by atoms with Gasteiger partial charge in [0.05, 0.1) is 22.2 Å². The monoisotopic (exact) mass is 512 g/mol. The molecular formula is C25H19BrClFN2O2. The summed E-state index contributed by atoms with van der Waals surface area (Å²) in [7, 11) is 0. The van der Waals surface area contributed by atoms with Gasteiger partial charge in [-0.25, -0.2) is 4.39 Å². The van der Waals surface area contributed by atoms with Crippen LogP contribution in [0.3, 0.4) is 0 Å². The van der Waals surface area contributed by atoms with Gasteiger partial charge in [0, 0.05) is 23.0 Å². The van der Waals surface area contributed by atoms with Crippen LogP contribution in [0.25, 0.3) is 0 Å². The second kappa shape index (κ2) is 7.71. The molecule has 7 heteroatoms. The molecule has 0 saturated carbocycles. The number of carbonyl (C=O) groups is 2.